The summed E-state index contributed by atoms with van der Waals surface area (Å²) in [6, 6.07) is 9.62. The first-order valence-electron chi connectivity index (χ1n) is 7.82. The third kappa shape index (κ3) is 6.29. The molecule has 1 fully saturated rings. The predicted octanol–water partition coefficient (Wildman–Crippen LogP) is 0.786. The van der Waals surface area contributed by atoms with Crippen molar-refractivity contribution >= 4 is 15.9 Å². The number of ether oxygens (including phenoxy) is 1. The van der Waals surface area contributed by atoms with Crippen LogP contribution in [0, 0.1) is 0 Å². The van der Waals surface area contributed by atoms with Gasteiger partial charge in [-0.3, -0.25) is 4.79 Å². The molecular formula is C16H24N2O4S. The van der Waals surface area contributed by atoms with E-state index in [1.165, 1.54) is 4.31 Å². The highest BCUT2D eigenvalue weighted by Gasteiger charge is 2.21. The fourth-order valence-corrected chi connectivity index (χ4v) is 3.28. The third-order valence-electron chi connectivity index (χ3n) is 3.83. The van der Waals surface area contributed by atoms with Crippen LogP contribution in [0.25, 0.3) is 0 Å². The zero-order valence-corrected chi connectivity index (χ0v) is 14.2. The molecule has 1 aromatic carbocycles. The van der Waals surface area contributed by atoms with Crippen molar-refractivity contribution in [1.29, 1.82) is 0 Å². The molecule has 6 nitrogen and oxygen atoms in total. The maximum absolute atomic E-state index is 12.0. The molecule has 0 spiro atoms. The number of amides is 1. The van der Waals surface area contributed by atoms with Gasteiger partial charge in [-0.25, -0.2) is 8.42 Å². The van der Waals surface area contributed by atoms with Gasteiger partial charge in [0, 0.05) is 19.7 Å². The Labute approximate surface area is 137 Å². The van der Waals surface area contributed by atoms with Crippen LogP contribution >= 0.6 is 0 Å². The molecule has 0 radical (unpaired) electrons. The second kappa shape index (κ2) is 8.42. The van der Waals surface area contributed by atoms with Crippen molar-refractivity contribution < 1.29 is 17.9 Å². The quantitative estimate of drug-likeness (QED) is 0.759. The molecular weight excluding hydrogens is 316 g/mol. The molecule has 1 aliphatic rings. The average molecular weight is 340 g/mol. The van der Waals surface area contributed by atoms with E-state index in [2.05, 4.69) is 5.32 Å². The number of nitrogens with zero attached hydrogens (tertiary/aromatic N) is 1. The van der Waals surface area contributed by atoms with Gasteiger partial charge < -0.3 is 10.1 Å². The van der Waals surface area contributed by atoms with Gasteiger partial charge in [0.2, 0.25) is 15.9 Å². The van der Waals surface area contributed by atoms with E-state index in [4.69, 9.17) is 4.74 Å². The Morgan fingerprint density at radius 1 is 1.35 bits per heavy atom. The summed E-state index contributed by atoms with van der Waals surface area (Å²) in [5, 5.41) is 2.76. The maximum atomic E-state index is 12.0. The van der Waals surface area contributed by atoms with Crippen molar-refractivity contribution in [1.82, 2.24) is 9.62 Å². The van der Waals surface area contributed by atoms with Crippen LogP contribution in [0.3, 0.4) is 0 Å². The Bertz CT molecular complexity index is 598. The molecule has 1 aliphatic heterocycles. The van der Waals surface area contributed by atoms with Gasteiger partial charge in [0.25, 0.3) is 0 Å². The normalized spacial score (nSPS) is 18.3. The molecule has 1 amide bonds. The van der Waals surface area contributed by atoms with Gasteiger partial charge >= 0.3 is 0 Å². The fourth-order valence-electron chi connectivity index (χ4n) is 2.51. The van der Waals surface area contributed by atoms with Crippen molar-refractivity contribution in [3.8, 4) is 0 Å². The molecule has 0 aromatic heterocycles. The van der Waals surface area contributed by atoms with Crippen molar-refractivity contribution in [2.75, 3.05) is 32.5 Å². The summed E-state index contributed by atoms with van der Waals surface area (Å²) in [5.74, 6) is -0.293. The summed E-state index contributed by atoms with van der Waals surface area (Å²) in [6.45, 7) is 1.30. The minimum absolute atomic E-state index is 0.0509. The van der Waals surface area contributed by atoms with Crippen molar-refractivity contribution in [2.45, 2.75) is 25.4 Å². The molecule has 1 saturated heterocycles. The average Bonchev–Trinajstić information content (AvgIpc) is 3.02. The Morgan fingerprint density at radius 2 is 2.09 bits per heavy atom. The molecule has 2 rings (SSSR count). The van der Waals surface area contributed by atoms with Crippen LogP contribution in [0.4, 0.5) is 0 Å². The molecule has 0 saturated carbocycles. The number of hydrogen-bond donors (Lipinski definition) is 1. The SMILES string of the molecule is CS(=O)(=O)N(CCc1ccccc1)CC(=O)NC[C@H]1CCCO1. The first-order valence-corrected chi connectivity index (χ1v) is 9.67. The van der Waals surface area contributed by atoms with Crippen LogP contribution in [0.1, 0.15) is 18.4 Å². The standard InChI is InChI=1S/C16H24N2O4S/c1-23(20,21)18(10-9-14-6-3-2-4-7-14)13-16(19)17-12-15-8-5-11-22-15/h2-4,6-7,15H,5,8-13H2,1H3,(H,17,19)/t15-/m1/s1. The molecule has 1 atom stereocenters. The Balaban J connectivity index is 1.84. The lowest BCUT2D eigenvalue weighted by atomic mass is 10.1. The van der Waals surface area contributed by atoms with E-state index in [1.54, 1.807) is 0 Å². The number of rotatable bonds is 8. The van der Waals surface area contributed by atoms with E-state index in [9.17, 15) is 13.2 Å². The lowest BCUT2D eigenvalue weighted by Gasteiger charge is -2.20. The van der Waals surface area contributed by atoms with Gasteiger partial charge in [-0.15, -0.1) is 0 Å². The zero-order chi connectivity index (χ0) is 16.7. The van der Waals surface area contributed by atoms with E-state index in [1.807, 2.05) is 30.3 Å². The van der Waals surface area contributed by atoms with Crippen LogP contribution in [-0.4, -0.2) is 57.2 Å². The van der Waals surface area contributed by atoms with Gasteiger partial charge in [-0.2, -0.15) is 4.31 Å². The van der Waals surface area contributed by atoms with E-state index < -0.39 is 10.0 Å². The molecule has 7 heteroatoms. The predicted molar refractivity (Wildman–Crippen MR) is 88.5 cm³/mol. The highest BCUT2D eigenvalue weighted by molar-refractivity contribution is 7.88. The van der Waals surface area contributed by atoms with Gasteiger partial charge in [0.15, 0.2) is 0 Å². The van der Waals surface area contributed by atoms with Crippen LogP contribution in [0.2, 0.25) is 0 Å². The lowest BCUT2D eigenvalue weighted by Crippen LogP contribution is -2.43. The highest BCUT2D eigenvalue weighted by atomic mass is 32.2. The van der Waals surface area contributed by atoms with E-state index >= 15 is 0 Å². The van der Waals surface area contributed by atoms with Gasteiger partial charge in [-0.1, -0.05) is 30.3 Å². The molecule has 1 N–H and O–H groups in total. The summed E-state index contributed by atoms with van der Waals surface area (Å²) in [6.07, 6.45) is 3.70. The Morgan fingerprint density at radius 3 is 2.70 bits per heavy atom. The number of carbonyl (C=O) groups is 1. The highest BCUT2D eigenvalue weighted by Crippen LogP contribution is 2.10. The molecule has 1 heterocycles. The molecule has 0 bridgehead atoms. The molecule has 23 heavy (non-hydrogen) atoms. The Kier molecular flexibility index (Phi) is 6.56. The van der Waals surface area contributed by atoms with E-state index in [0.29, 0.717) is 13.0 Å². The topological polar surface area (TPSA) is 75.7 Å². The number of hydrogen-bond acceptors (Lipinski definition) is 4. The van der Waals surface area contributed by atoms with Gasteiger partial charge in [0.05, 0.1) is 18.9 Å². The fraction of sp³-hybridized carbons (Fsp3) is 0.562. The molecule has 128 valence electrons. The summed E-state index contributed by atoms with van der Waals surface area (Å²) in [4.78, 5) is 12.0. The number of sulfonamides is 1. The molecule has 0 unspecified atom stereocenters. The zero-order valence-electron chi connectivity index (χ0n) is 13.4. The van der Waals surface area contributed by atoms with Crippen molar-refractivity contribution in [2.24, 2.45) is 0 Å². The largest absolute Gasteiger partial charge is 0.376 e. The number of nitrogens with one attached hydrogen (secondary N) is 1. The summed E-state index contributed by atoms with van der Waals surface area (Å²) in [7, 11) is -3.43. The molecule has 0 aliphatic carbocycles. The first-order chi connectivity index (χ1) is 10.9. The second-order valence-electron chi connectivity index (χ2n) is 5.77. The van der Waals surface area contributed by atoms with E-state index in [-0.39, 0.29) is 25.1 Å². The van der Waals surface area contributed by atoms with Crippen LogP contribution in [0.5, 0.6) is 0 Å². The van der Waals surface area contributed by atoms with Crippen LogP contribution < -0.4 is 5.32 Å². The maximum Gasteiger partial charge on any atom is 0.235 e. The minimum atomic E-state index is -3.43. The summed E-state index contributed by atoms with van der Waals surface area (Å²) in [5.41, 5.74) is 1.04. The number of carbonyl (C=O) groups excluding carboxylic acids is 1. The number of benzene rings is 1. The third-order valence-corrected chi connectivity index (χ3v) is 5.08. The van der Waals surface area contributed by atoms with Crippen molar-refractivity contribution in [3.05, 3.63) is 35.9 Å². The monoisotopic (exact) mass is 340 g/mol. The smallest absolute Gasteiger partial charge is 0.235 e. The Hall–Kier alpha value is -1.44. The summed E-state index contributed by atoms with van der Waals surface area (Å²) < 4.78 is 30.4. The van der Waals surface area contributed by atoms with Gasteiger partial charge in [0.1, 0.15) is 0 Å². The summed E-state index contributed by atoms with van der Waals surface area (Å²) >= 11 is 0. The molecule has 1 aromatic rings. The van der Waals surface area contributed by atoms with Crippen LogP contribution in [0.15, 0.2) is 30.3 Å². The lowest BCUT2D eigenvalue weighted by molar-refractivity contribution is -0.121. The second-order valence-corrected chi connectivity index (χ2v) is 7.75. The van der Waals surface area contributed by atoms with Crippen molar-refractivity contribution in [3.63, 3.8) is 0 Å². The van der Waals surface area contributed by atoms with E-state index in [0.717, 1.165) is 31.3 Å². The van der Waals surface area contributed by atoms with Crippen LogP contribution in [-0.2, 0) is 26.0 Å². The minimum Gasteiger partial charge on any atom is -0.376 e. The van der Waals surface area contributed by atoms with Gasteiger partial charge in [-0.05, 0) is 24.8 Å². The first kappa shape index (κ1) is 17.9.